The summed E-state index contributed by atoms with van der Waals surface area (Å²) in [6.45, 7) is 3.99. The fourth-order valence-electron chi connectivity index (χ4n) is 0.965. The molecule has 0 radical (unpaired) electrons. The number of rotatable bonds is 2. The van der Waals surface area contributed by atoms with Gasteiger partial charge in [0.05, 0.1) is 6.26 Å². The third-order valence-corrected chi connectivity index (χ3v) is 1.70. The van der Waals surface area contributed by atoms with E-state index in [-0.39, 0.29) is 5.54 Å². The van der Waals surface area contributed by atoms with E-state index in [1.807, 2.05) is 19.9 Å². The van der Waals surface area contributed by atoms with Crippen LogP contribution in [-0.2, 0) is 6.42 Å². The van der Waals surface area contributed by atoms with Crippen molar-refractivity contribution in [3.05, 3.63) is 22.6 Å². The van der Waals surface area contributed by atoms with E-state index in [0.717, 1.165) is 16.7 Å². The average molecular weight is 218 g/mol. The van der Waals surface area contributed by atoms with Crippen LogP contribution in [0, 0.1) is 0 Å². The summed E-state index contributed by atoms with van der Waals surface area (Å²) in [7, 11) is 0. The van der Waals surface area contributed by atoms with Crippen molar-refractivity contribution in [2.24, 2.45) is 5.73 Å². The Morgan fingerprint density at radius 3 is 2.64 bits per heavy atom. The normalized spacial score (nSPS) is 12.0. The molecule has 0 spiro atoms. The fourth-order valence-corrected chi connectivity index (χ4v) is 1.35. The van der Waals surface area contributed by atoms with Crippen LogP contribution >= 0.6 is 15.9 Å². The molecule has 0 unspecified atom stereocenters. The lowest BCUT2D eigenvalue weighted by Gasteiger charge is -2.16. The number of hydrogen-bond donors (Lipinski definition) is 1. The van der Waals surface area contributed by atoms with E-state index >= 15 is 0 Å². The largest absolute Gasteiger partial charge is 0.457 e. The molecule has 3 heteroatoms. The molecule has 2 nitrogen and oxygen atoms in total. The molecule has 0 bridgehead atoms. The highest BCUT2D eigenvalue weighted by atomic mass is 79.9. The minimum Gasteiger partial charge on any atom is -0.457 e. The molecule has 0 atom stereocenters. The zero-order chi connectivity index (χ0) is 8.48. The highest BCUT2D eigenvalue weighted by molar-refractivity contribution is 9.10. The minimum atomic E-state index is -0.163. The molecular formula is C8H12BrNO. The molecule has 62 valence electrons. The Kier molecular flexibility index (Phi) is 2.40. The summed E-state index contributed by atoms with van der Waals surface area (Å²) >= 11 is 3.23. The van der Waals surface area contributed by atoms with Gasteiger partial charge in [-0.1, -0.05) is 0 Å². The molecule has 0 aliphatic carbocycles. The van der Waals surface area contributed by atoms with Crippen molar-refractivity contribution in [1.82, 2.24) is 0 Å². The minimum absolute atomic E-state index is 0.163. The van der Waals surface area contributed by atoms with Crippen LogP contribution in [0.15, 0.2) is 21.4 Å². The van der Waals surface area contributed by atoms with E-state index in [1.54, 1.807) is 6.26 Å². The maximum atomic E-state index is 5.82. The third kappa shape index (κ3) is 3.08. The highest BCUT2D eigenvalue weighted by Gasteiger charge is 2.12. The summed E-state index contributed by atoms with van der Waals surface area (Å²) in [5, 5.41) is 0. The summed E-state index contributed by atoms with van der Waals surface area (Å²) in [4.78, 5) is 0. The first-order valence-electron chi connectivity index (χ1n) is 3.49. The van der Waals surface area contributed by atoms with E-state index < -0.39 is 0 Å². The van der Waals surface area contributed by atoms with E-state index in [0.29, 0.717) is 0 Å². The van der Waals surface area contributed by atoms with Gasteiger partial charge in [-0.15, -0.1) is 0 Å². The Labute approximate surface area is 74.9 Å². The Balaban J connectivity index is 2.65. The molecular weight excluding hydrogens is 206 g/mol. The predicted molar refractivity (Wildman–Crippen MR) is 48.4 cm³/mol. The average Bonchev–Trinajstić information content (AvgIpc) is 2.10. The van der Waals surface area contributed by atoms with E-state index in [1.165, 1.54) is 0 Å². The van der Waals surface area contributed by atoms with E-state index in [2.05, 4.69) is 15.9 Å². The first-order chi connectivity index (χ1) is 4.97. The van der Waals surface area contributed by atoms with Crippen LogP contribution < -0.4 is 5.73 Å². The van der Waals surface area contributed by atoms with Crippen LogP contribution in [0.25, 0.3) is 0 Å². The van der Waals surface area contributed by atoms with Crippen LogP contribution in [0.3, 0.4) is 0 Å². The summed E-state index contributed by atoms with van der Waals surface area (Å²) < 4.78 is 5.83. The van der Waals surface area contributed by atoms with Crippen LogP contribution in [0.4, 0.5) is 0 Å². The molecule has 0 amide bonds. The lowest BCUT2D eigenvalue weighted by Crippen LogP contribution is -2.34. The molecule has 1 aromatic rings. The molecule has 0 aliphatic rings. The van der Waals surface area contributed by atoms with Crippen LogP contribution in [-0.4, -0.2) is 5.54 Å². The van der Waals surface area contributed by atoms with Crippen molar-refractivity contribution in [1.29, 1.82) is 0 Å². The second-order valence-electron chi connectivity index (χ2n) is 3.42. The molecule has 0 aliphatic heterocycles. The van der Waals surface area contributed by atoms with Crippen LogP contribution in [0.5, 0.6) is 0 Å². The van der Waals surface area contributed by atoms with Crippen molar-refractivity contribution in [2.75, 3.05) is 0 Å². The van der Waals surface area contributed by atoms with Crippen LogP contribution in [0.1, 0.15) is 19.4 Å². The zero-order valence-corrected chi connectivity index (χ0v) is 8.31. The molecule has 1 heterocycles. The lowest BCUT2D eigenvalue weighted by atomic mass is 9.98. The Morgan fingerprint density at radius 2 is 2.27 bits per heavy atom. The molecule has 0 aromatic carbocycles. The van der Waals surface area contributed by atoms with Gasteiger partial charge >= 0.3 is 0 Å². The number of nitrogens with two attached hydrogens (primary N) is 1. The molecule has 0 fully saturated rings. The number of halogens is 1. The summed E-state index contributed by atoms with van der Waals surface area (Å²) in [5.41, 5.74) is 6.79. The van der Waals surface area contributed by atoms with Crippen molar-refractivity contribution < 1.29 is 4.42 Å². The summed E-state index contributed by atoms with van der Waals surface area (Å²) in [6.07, 6.45) is 2.56. The Morgan fingerprint density at radius 1 is 1.64 bits per heavy atom. The van der Waals surface area contributed by atoms with E-state index in [4.69, 9.17) is 10.2 Å². The summed E-state index contributed by atoms with van der Waals surface area (Å²) in [6, 6.07) is 1.94. The van der Waals surface area contributed by atoms with Gasteiger partial charge in [-0.05, 0) is 47.8 Å². The molecule has 2 N–H and O–H groups in total. The molecule has 0 saturated carbocycles. The predicted octanol–water partition coefficient (Wildman–Crippen LogP) is 2.32. The Hall–Kier alpha value is -0.280. The first-order valence-corrected chi connectivity index (χ1v) is 4.28. The van der Waals surface area contributed by atoms with Gasteiger partial charge in [0.2, 0.25) is 0 Å². The second kappa shape index (κ2) is 2.99. The standard InChI is InChI=1S/C8H12BrNO/c1-8(2,10)4-6-3-7(9)11-5-6/h3,5H,4,10H2,1-2H3. The Bertz CT molecular complexity index is 236. The zero-order valence-electron chi connectivity index (χ0n) is 6.73. The van der Waals surface area contributed by atoms with Gasteiger partial charge in [-0.3, -0.25) is 0 Å². The first kappa shape index (κ1) is 8.81. The summed E-state index contributed by atoms with van der Waals surface area (Å²) in [5.74, 6) is 0. The fraction of sp³-hybridized carbons (Fsp3) is 0.500. The van der Waals surface area contributed by atoms with Crippen molar-refractivity contribution in [3.8, 4) is 0 Å². The topological polar surface area (TPSA) is 39.2 Å². The molecule has 0 saturated heterocycles. The second-order valence-corrected chi connectivity index (χ2v) is 4.21. The van der Waals surface area contributed by atoms with Crippen molar-refractivity contribution >= 4 is 15.9 Å². The van der Waals surface area contributed by atoms with Crippen LogP contribution in [0.2, 0.25) is 0 Å². The SMILES string of the molecule is CC(C)(N)Cc1coc(Br)c1. The quantitative estimate of drug-likeness (QED) is 0.827. The smallest absolute Gasteiger partial charge is 0.169 e. The van der Waals surface area contributed by atoms with Gasteiger partial charge in [0, 0.05) is 5.54 Å². The molecule has 1 rings (SSSR count). The number of furan rings is 1. The van der Waals surface area contributed by atoms with Crippen molar-refractivity contribution in [3.63, 3.8) is 0 Å². The lowest BCUT2D eigenvalue weighted by molar-refractivity contribution is 0.503. The third-order valence-electron chi connectivity index (χ3n) is 1.28. The van der Waals surface area contributed by atoms with Gasteiger partial charge in [0.15, 0.2) is 4.67 Å². The molecule has 1 aromatic heterocycles. The van der Waals surface area contributed by atoms with Gasteiger partial charge in [0.1, 0.15) is 0 Å². The highest BCUT2D eigenvalue weighted by Crippen LogP contribution is 2.17. The van der Waals surface area contributed by atoms with Gasteiger partial charge < -0.3 is 10.2 Å². The monoisotopic (exact) mass is 217 g/mol. The van der Waals surface area contributed by atoms with E-state index in [9.17, 15) is 0 Å². The maximum absolute atomic E-state index is 5.82. The molecule has 11 heavy (non-hydrogen) atoms. The van der Waals surface area contributed by atoms with Gasteiger partial charge in [-0.2, -0.15) is 0 Å². The van der Waals surface area contributed by atoms with Gasteiger partial charge in [0.25, 0.3) is 0 Å². The maximum Gasteiger partial charge on any atom is 0.169 e. The van der Waals surface area contributed by atoms with Crippen molar-refractivity contribution in [2.45, 2.75) is 25.8 Å². The van der Waals surface area contributed by atoms with Gasteiger partial charge in [-0.25, -0.2) is 0 Å². The number of hydrogen-bond acceptors (Lipinski definition) is 2.